The molecule has 2 nitrogen and oxygen atoms in total. The maximum absolute atomic E-state index is 12.9. The molecule has 1 aliphatic heterocycles. The zero-order valence-corrected chi connectivity index (χ0v) is 15.4. The van der Waals surface area contributed by atoms with E-state index in [0.29, 0.717) is 17.5 Å². The molecule has 2 aromatic rings. The minimum Gasteiger partial charge on any atom is -0.380 e. The number of alkyl halides is 3. The Labute approximate surface area is 158 Å². The van der Waals surface area contributed by atoms with Gasteiger partial charge in [-0.3, -0.25) is 0 Å². The molecule has 1 saturated heterocycles. The van der Waals surface area contributed by atoms with E-state index in [0.717, 1.165) is 38.2 Å². The summed E-state index contributed by atoms with van der Waals surface area (Å²) in [4.78, 5) is 2.40. The molecule has 2 aromatic carbocycles. The predicted molar refractivity (Wildman–Crippen MR) is 100 cm³/mol. The summed E-state index contributed by atoms with van der Waals surface area (Å²) in [6, 6.07) is 14.1. The molecular weight excluding hydrogens is 351 g/mol. The highest BCUT2D eigenvalue weighted by Gasteiger charge is 2.34. The van der Waals surface area contributed by atoms with Gasteiger partial charge in [-0.25, -0.2) is 0 Å². The van der Waals surface area contributed by atoms with Crippen LogP contribution in [-0.2, 0) is 11.8 Å². The zero-order chi connectivity index (χ0) is 19.3. The van der Waals surface area contributed by atoms with Gasteiger partial charge in [0, 0.05) is 0 Å². The number of piperidine rings is 1. The summed E-state index contributed by atoms with van der Waals surface area (Å²) in [7, 11) is 0. The molecule has 0 radical (unpaired) electrons. The lowest BCUT2D eigenvalue weighted by atomic mass is 9.82. The van der Waals surface area contributed by atoms with Gasteiger partial charge in [0.25, 0.3) is 0 Å². The van der Waals surface area contributed by atoms with Crippen molar-refractivity contribution < 1.29 is 18.3 Å². The lowest BCUT2D eigenvalue weighted by Crippen LogP contribution is -2.33. The maximum atomic E-state index is 12.9. The number of benzene rings is 2. The summed E-state index contributed by atoms with van der Waals surface area (Å²) in [6.07, 6.45) is 0.572. The second-order valence-electron chi connectivity index (χ2n) is 7.31. The third-order valence-corrected chi connectivity index (χ3v) is 5.40. The van der Waals surface area contributed by atoms with Crippen LogP contribution in [0, 0.1) is 0 Å². The molecule has 0 spiro atoms. The number of nitrogens with zero attached hydrogens (tertiary/aromatic N) is 1. The fourth-order valence-electron chi connectivity index (χ4n) is 3.85. The normalized spacial score (nSPS) is 18.2. The first kappa shape index (κ1) is 19.9. The third kappa shape index (κ3) is 4.90. The van der Waals surface area contributed by atoms with Crippen molar-refractivity contribution in [2.45, 2.75) is 43.9 Å². The van der Waals surface area contributed by atoms with Crippen LogP contribution >= 0.6 is 0 Å². The highest BCUT2D eigenvalue weighted by molar-refractivity contribution is 5.37. The highest BCUT2D eigenvalue weighted by atomic mass is 19.4. The number of halogens is 3. The minimum atomic E-state index is -4.38. The summed E-state index contributed by atoms with van der Waals surface area (Å²) in [5.74, 6) is 0. The fraction of sp³-hybridized carbons (Fsp3) is 0.455. The van der Waals surface area contributed by atoms with Crippen LogP contribution in [0.4, 0.5) is 13.2 Å². The van der Waals surface area contributed by atoms with Crippen LogP contribution in [0.25, 0.3) is 0 Å². The van der Waals surface area contributed by atoms with Gasteiger partial charge in [-0.2, -0.15) is 13.2 Å². The Morgan fingerprint density at radius 3 is 1.93 bits per heavy atom. The summed E-state index contributed by atoms with van der Waals surface area (Å²) < 4.78 is 38.6. The van der Waals surface area contributed by atoms with E-state index in [1.165, 1.54) is 31.4 Å². The molecule has 1 fully saturated rings. The van der Waals surface area contributed by atoms with Gasteiger partial charge in [-0.1, -0.05) is 48.9 Å². The number of aliphatic hydroxyl groups is 1. The monoisotopic (exact) mass is 377 g/mol. The predicted octanol–water partition coefficient (Wildman–Crippen LogP) is 5.21. The van der Waals surface area contributed by atoms with Crippen LogP contribution < -0.4 is 0 Å². The van der Waals surface area contributed by atoms with Gasteiger partial charge >= 0.3 is 6.18 Å². The summed E-state index contributed by atoms with van der Waals surface area (Å²) >= 11 is 0. The highest BCUT2D eigenvalue weighted by Crippen LogP contribution is 2.36. The van der Waals surface area contributed by atoms with Crippen LogP contribution in [0.2, 0.25) is 0 Å². The van der Waals surface area contributed by atoms with Crippen LogP contribution in [-0.4, -0.2) is 29.6 Å². The maximum Gasteiger partial charge on any atom is 0.416 e. The fourth-order valence-corrected chi connectivity index (χ4v) is 3.85. The Morgan fingerprint density at radius 1 is 0.778 bits per heavy atom. The van der Waals surface area contributed by atoms with E-state index in [9.17, 15) is 18.3 Å². The summed E-state index contributed by atoms with van der Waals surface area (Å²) in [5, 5.41) is 11.5. The molecule has 27 heavy (non-hydrogen) atoms. The standard InChI is InChI=1S/C22H26F3NO/c23-22(24,25)20-12-10-19(11-13-20)21(27,18-8-3-1-4-9-18)14-7-17-26-15-5-2-6-16-26/h1,3-4,8-13,27H,2,5-7,14-17H2/t21-/m0/s1. The Kier molecular flexibility index (Phi) is 6.22. The van der Waals surface area contributed by atoms with Gasteiger partial charge in [0.15, 0.2) is 0 Å². The molecule has 0 aromatic heterocycles. The molecule has 1 aliphatic rings. The van der Waals surface area contributed by atoms with Crippen molar-refractivity contribution >= 4 is 0 Å². The molecule has 1 atom stereocenters. The number of likely N-dealkylation sites (tertiary alicyclic amines) is 1. The van der Waals surface area contributed by atoms with Crippen molar-refractivity contribution in [1.82, 2.24) is 4.90 Å². The first-order valence-electron chi connectivity index (χ1n) is 9.57. The van der Waals surface area contributed by atoms with Gasteiger partial charge in [0.1, 0.15) is 5.60 Å². The summed E-state index contributed by atoms with van der Waals surface area (Å²) in [5.41, 5.74) is -0.778. The molecule has 0 aliphatic carbocycles. The molecule has 146 valence electrons. The topological polar surface area (TPSA) is 23.5 Å². The average molecular weight is 377 g/mol. The molecule has 0 amide bonds. The third-order valence-electron chi connectivity index (χ3n) is 5.40. The lowest BCUT2D eigenvalue weighted by Gasteiger charge is -2.32. The molecule has 0 unspecified atom stereocenters. The molecule has 1 N–H and O–H groups in total. The quantitative estimate of drug-likeness (QED) is 0.747. The minimum absolute atomic E-state index is 0.471. The Balaban J connectivity index is 1.80. The van der Waals surface area contributed by atoms with Crippen LogP contribution in [0.15, 0.2) is 54.6 Å². The van der Waals surface area contributed by atoms with E-state index in [1.54, 1.807) is 0 Å². The second kappa shape index (κ2) is 8.44. The van der Waals surface area contributed by atoms with Gasteiger partial charge < -0.3 is 10.0 Å². The second-order valence-corrected chi connectivity index (χ2v) is 7.31. The molecular formula is C22H26F3NO. The van der Waals surface area contributed by atoms with Crippen molar-refractivity contribution in [2.75, 3.05) is 19.6 Å². The number of hydrogen-bond acceptors (Lipinski definition) is 2. The van der Waals surface area contributed by atoms with Crippen molar-refractivity contribution in [3.05, 3.63) is 71.3 Å². The molecule has 1 heterocycles. The van der Waals surface area contributed by atoms with Crippen molar-refractivity contribution in [3.8, 4) is 0 Å². The van der Waals surface area contributed by atoms with Gasteiger partial charge in [0.05, 0.1) is 5.56 Å². The molecule has 0 saturated carbocycles. The van der Waals surface area contributed by atoms with E-state index in [-0.39, 0.29) is 0 Å². The van der Waals surface area contributed by atoms with Gasteiger partial charge in [0.2, 0.25) is 0 Å². The first-order valence-corrected chi connectivity index (χ1v) is 9.57. The molecule has 5 heteroatoms. The van der Waals surface area contributed by atoms with E-state index < -0.39 is 17.3 Å². The van der Waals surface area contributed by atoms with Crippen LogP contribution in [0.5, 0.6) is 0 Å². The number of rotatable bonds is 6. The van der Waals surface area contributed by atoms with E-state index >= 15 is 0 Å². The Hall–Kier alpha value is -1.85. The van der Waals surface area contributed by atoms with E-state index in [1.807, 2.05) is 30.3 Å². The van der Waals surface area contributed by atoms with E-state index in [2.05, 4.69) is 4.90 Å². The van der Waals surface area contributed by atoms with Gasteiger partial charge in [-0.15, -0.1) is 0 Å². The average Bonchev–Trinajstić information content (AvgIpc) is 2.69. The molecule has 3 rings (SSSR count). The SMILES string of the molecule is O[C@@](CCCN1CCCCC1)(c1ccccc1)c1ccc(C(F)(F)F)cc1. The van der Waals surface area contributed by atoms with Crippen molar-refractivity contribution in [3.63, 3.8) is 0 Å². The van der Waals surface area contributed by atoms with Crippen LogP contribution in [0.3, 0.4) is 0 Å². The smallest absolute Gasteiger partial charge is 0.380 e. The molecule has 0 bridgehead atoms. The Bertz CT molecular complexity index is 709. The number of hydrogen-bond donors (Lipinski definition) is 1. The zero-order valence-electron chi connectivity index (χ0n) is 15.4. The van der Waals surface area contributed by atoms with Crippen molar-refractivity contribution in [1.29, 1.82) is 0 Å². The summed E-state index contributed by atoms with van der Waals surface area (Å²) in [6.45, 7) is 3.07. The van der Waals surface area contributed by atoms with Crippen molar-refractivity contribution in [2.24, 2.45) is 0 Å². The van der Waals surface area contributed by atoms with E-state index in [4.69, 9.17) is 0 Å². The van der Waals surface area contributed by atoms with Crippen LogP contribution in [0.1, 0.15) is 48.8 Å². The largest absolute Gasteiger partial charge is 0.416 e. The van der Waals surface area contributed by atoms with Gasteiger partial charge in [-0.05, 0) is 68.6 Å². The lowest BCUT2D eigenvalue weighted by molar-refractivity contribution is -0.137. The Morgan fingerprint density at radius 2 is 1.33 bits per heavy atom. The first-order chi connectivity index (χ1) is 12.9.